The molecular weight excluding hydrogens is 462 g/mol. The highest BCUT2D eigenvalue weighted by atomic mass is 79.9. The molecule has 2 atom stereocenters. The van der Waals surface area contributed by atoms with E-state index >= 15 is 0 Å². The molecule has 0 spiro atoms. The molecule has 0 aliphatic carbocycles. The monoisotopic (exact) mass is 477 g/mol. The molecule has 2 amide bonds. The van der Waals surface area contributed by atoms with Crippen molar-refractivity contribution >= 4 is 62.9 Å². The Bertz CT molecular complexity index is 796. The molecule has 13 heteroatoms. The molecule has 1 unspecified atom stereocenters. The van der Waals surface area contributed by atoms with Crippen LogP contribution in [0.5, 0.6) is 0 Å². The Morgan fingerprint density at radius 1 is 1.39 bits per heavy atom. The maximum Gasteiger partial charge on any atom is 0.352 e. The summed E-state index contributed by atoms with van der Waals surface area (Å²) >= 11 is 4.12. The Morgan fingerprint density at radius 3 is 2.61 bits per heavy atom. The zero-order valence-corrected chi connectivity index (χ0v) is 17.2. The van der Waals surface area contributed by atoms with Gasteiger partial charge in [-0.2, -0.15) is 0 Å². The predicted octanol–water partition coefficient (Wildman–Crippen LogP) is -0.745. The highest BCUT2D eigenvalue weighted by Crippen LogP contribution is 2.40. The lowest BCUT2D eigenvalue weighted by atomic mass is 10.0. The molecule has 0 bridgehead atoms. The van der Waals surface area contributed by atoms with E-state index in [1.165, 1.54) is 18.7 Å². The van der Waals surface area contributed by atoms with Crippen molar-refractivity contribution in [1.82, 2.24) is 10.2 Å². The molecule has 0 saturated carbocycles. The third-order valence-corrected chi connectivity index (χ3v) is 5.62. The molecule has 2 N–H and O–H groups in total. The van der Waals surface area contributed by atoms with E-state index in [1.807, 2.05) is 0 Å². The number of hydrogen-bond donors (Lipinski definition) is 2. The number of carboxylic acid groups (broad SMARTS) is 1. The summed E-state index contributed by atoms with van der Waals surface area (Å²) in [5.74, 6) is -3.95. The number of carbonyl (C=O) groups is 5. The van der Waals surface area contributed by atoms with Crippen LogP contribution in [0.25, 0.3) is 0 Å². The normalized spacial score (nSPS) is 21.5. The number of alkyl halides is 1. The quantitative estimate of drug-likeness (QED) is 0.115. The number of amides is 2. The average Bonchev–Trinajstić information content (AvgIpc) is 2.66. The fourth-order valence-corrected chi connectivity index (χ4v) is 4.16. The van der Waals surface area contributed by atoms with E-state index < -0.39 is 46.7 Å². The smallest absolute Gasteiger partial charge is 0.352 e. The number of hydrogen-bond acceptors (Lipinski definition) is 9. The lowest BCUT2D eigenvalue weighted by molar-refractivity contribution is -0.150. The number of Topliss-reactive ketones (excluding diaryl/α,β-unsaturated/α-hetero) is 1. The van der Waals surface area contributed by atoms with Crippen LogP contribution in [-0.2, 0) is 33.5 Å². The van der Waals surface area contributed by atoms with E-state index in [4.69, 9.17) is 4.74 Å². The van der Waals surface area contributed by atoms with Gasteiger partial charge in [-0.15, -0.1) is 11.8 Å². The zero-order chi connectivity index (χ0) is 21.0. The zero-order valence-electron chi connectivity index (χ0n) is 14.8. The highest BCUT2D eigenvalue weighted by Gasteiger charge is 2.54. The fraction of sp³-hybridized carbons (Fsp3) is 0.467. The lowest BCUT2D eigenvalue weighted by Gasteiger charge is -2.49. The maximum absolute atomic E-state index is 12.5. The molecule has 1 fully saturated rings. The number of nitrogens with one attached hydrogen (secondary N) is 1. The van der Waals surface area contributed by atoms with Gasteiger partial charge in [0.25, 0.3) is 11.8 Å². The van der Waals surface area contributed by atoms with E-state index in [2.05, 4.69) is 31.2 Å². The predicted molar refractivity (Wildman–Crippen MR) is 99.6 cm³/mol. The van der Waals surface area contributed by atoms with Gasteiger partial charge in [0.05, 0.1) is 5.33 Å². The number of fused-ring (bicyclic) bond motifs is 1. The Kier molecular flexibility index (Phi) is 7.18. The van der Waals surface area contributed by atoms with Gasteiger partial charge >= 0.3 is 11.9 Å². The fourth-order valence-electron chi connectivity index (χ4n) is 2.57. The molecular formula is C15H16BrN3O8S. The van der Waals surface area contributed by atoms with E-state index in [9.17, 15) is 29.1 Å². The van der Waals surface area contributed by atoms with Crippen LogP contribution in [0, 0.1) is 0 Å². The van der Waals surface area contributed by atoms with Crippen LogP contribution in [0.1, 0.15) is 6.92 Å². The summed E-state index contributed by atoms with van der Waals surface area (Å²) in [7, 11) is 1.16. The molecule has 11 nitrogen and oxygen atoms in total. The lowest BCUT2D eigenvalue weighted by Crippen LogP contribution is -2.71. The van der Waals surface area contributed by atoms with Crippen molar-refractivity contribution in [1.29, 1.82) is 0 Å². The number of β-lactam (4-membered cyclic amide) rings is 1. The summed E-state index contributed by atoms with van der Waals surface area (Å²) in [6.07, 6.45) is 0. The van der Waals surface area contributed by atoms with Gasteiger partial charge in [-0.1, -0.05) is 21.1 Å². The summed E-state index contributed by atoms with van der Waals surface area (Å²) in [4.78, 5) is 64.6. The number of nitrogens with zero attached hydrogens (tertiary/aromatic N) is 2. The summed E-state index contributed by atoms with van der Waals surface area (Å²) < 4.78 is 4.84. The second-order valence-corrected chi connectivity index (χ2v) is 7.24. The largest absolute Gasteiger partial charge is 0.477 e. The summed E-state index contributed by atoms with van der Waals surface area (Å²) in [6.45, 7) is 0.940. The minimum Gasteiger partial charge on any atom is -0.477 e. The summed E-state index contributed by atoms with van der Waals surface area (Å²) in [5.41, 5.74) is -0.517. The molecule has 0 aromatic carbocycles. The van der Waals surface area contributed by atoms with Crippen LogP contribution < -0.4 is 5.32 Å². The van der Waals surface area contributed by atoms with Gasteiger partial charge in [0.15, 0.2) is 0 Å². The summed E-state index contributed by atoms with van der Waals surface area (Å²) in [5, 5.41) is 14.4. The van der Waals surface area contributed by atoms with Crippen molar-refractivity contribution in [3.05, 3.63) is 11.3 Å². The van der Waals surface area contributed by atoms with Gasteiger partial charge in [0, 0.05) is 18.2 Å². The first-order chi connectivity index (χ1) is 13.2. The molecule has 2 heterocycles. The average molecular weight is 478 g/mol. The van der Waals surface area contributed by atoms with Crippen LogP contribution in [0.3, 0.4) is 0 Å². The topological polar surface area (TPSA) is 152 Å². The van der Waals surface area contributed by atoms with Crippen molar-refractivity contribution in [2.45, 2.75) is 18.3 Å². The Hall–Kier alpha value is -2.41. The molecule has 2 aliphatic rings. The van der Waals surface area contributed by atoms with Crippen molar-refractivity contribution in [3.63, 3.8) is 0 Å². The number of thioether (sulfide) groups is 1. The van der Waals surface area contributed by atoms with Crippen molar-refractivity contribution < 1.29 is 38.7 Å². The molecule has 0 aromatic rings. The van der Waals surface area contributed by atoms with Crippen LogP contribution in [-0.4, -0.2) is 81.5 Å². The van der Waals surface area contributed by atoms with Crippen molar-refractivity contribution in [2.24, 2.45) is 5.16 Å². The van der Waals surface area contributed by atoms with Gasteiger partial charge in [0.1, 0.15) is 30.8 Å². The number of ether oxygens (including phenoxy) is 1. The van der Waals surface area contributed by atoms with Crippen molar-refractivity contribution in [2.75, 3.05) is 24.8 Å². The second-order valence-electron chi connectivity index (χ2n) is 5.58. The Labute approximate surface area is 171 Å². The molecule has 0 radical (unpaired) electrons. The van der Waals surface area contributed by atoms with E-state index in [1.54, 1.807) is 0 Å². The Morgan fingerprint density at radius 2 is 2.07 bits per heavy atom. The van der Waals surface area contributed by atoms with Crippen LogP contribution in [0.2, 0.25) is 0 Å². The number of esters is 1. The van der Waals surface area contributed by atoms with Gasteiger partial charge < -0.3 is 20.0 Å². The molecule has 152 valence electrons. The van der Waals surface area contributed by atoms with Gasteiger partial charge in [-0.25, -0.2) is 4.79 Å². The molecule has 0 aromatic heterocycles. The summed E-state index contributed by atoms with van der Waals surface area (Å²) in [6, 6.07) is -1.03. The number of aliphatic carboxylic acids is 1. The van der Waals surface area contributed by atoms with Crippen molar-refractivity contribution in [3.8, 4) is 0 Å². The van der Waals surface area contributed by atoms with Gasteiger partial charge in [-0.05, 0) is 0 Å². The first-order valence-electron chi connectivity index (χ1n) is 7.77. The molecule has 1 saturated heterocycles. The molecule has 2 rings (SSSR count). The van der Waals surface area contributed by atoms with Gasteiger partial charge in [-0.3, -0.25) is 24.1 Å². The first-order valence-corrected chi connectivity index (χ1v) is 9.94. The highest BCUT2D eigenvalue weighted by molar-refractivity contribution is 9.09. The minimum absolute atomic E-state index is 0.170. The number of carboxylic acids is 1. The second kappa shape index (κ2) is 9.19. The number of rotatable bonds is 8. The number of ketones is 1. The van der Waals surface area contributed by atoms with Crippen LogP contribution in [0.15, 0.2) is 16.4 Å². The number of oxime groups is 1. The number of carbonyl (C=O) groups excluding carboxylic acids is 4. The minimum atomic E-state index is -1.35. The maximum atomic E-state index is 12.5. The first kappa shape index (κ1) is 21.9. The van der Waals surface area contributed by atoms with E-state index in [0.717, 1.165) is 12.0 Å². The van der Waals surface area contributed by atoms with Crippen LogP contribution in [0.4, 0.5) is 0 Å². The van der Waals surface area contributed by atoms with E-state index in [0.29, 0.717) is 0 Å². The Balaban J connectivity index is 2.18. The third kappa shape index (κ3) is 4.35. The standard InChI is InChI=1S/C15H16BrN3O8S/c1-6(20)27-4-7-5-28-14-10(13(23)19(14)11(7)15(24)25)17-12(22)9(18-26-2)8(21)3-16/h10,14H,3-5H2,1-2H3,(H,17,22)(H,24,25)/b18-9-/t10?,14-/m1/s1. The van der Waals surface area contributed by atoms with Crippen LogP contribution >= 0.6 is 27.7 Å². The SMILES string of the molecule is CO/N=C(/C(=O)CBr)C(=O)NC1C(=O)N2C(C(=O)O)=C(COC(C)=O)CS[C@H]12. The molecule has 28 heavy (non-hydrogen) atoms. The van der Waals surface area contributed by atoms with E-state index in [-0.39, 0.29) is 29.0 Å². The van der Waals surface area contributed by atoms with Gasteiger partial charge in [0.2, 0.25) is 11.5 Å². The molecule has 2 aliphatic heterocycles. The number of halogens is 1. The third-order valence-electron chi connectivity index (χ3n) is 3.77.